The monoisotopic (exact) mass is 546 g/mol. The minimum Gasteiger partial charge on any atom is -0.406 e. The first-order chi connectivity index (χ1) is 18.8. The molecule has 10 nitrogen and oxygen atoms in total. The van der Waals surface area contributed by atoms with Crippen molar-refractivity contribution >= 4 is 22.4 Å². The van der Waals surface area contributed by atoms with E-state index in [9.17, 15) is 47.4 Å². The molecule has 1 aromatic carbocycles. The highest BCUT2D eigenvalue weighted by Gasteiger charge is 2.48. The Morgan fingerprint density at radius 2 is 1.02 bits per heavy atom. The summed E-state index contributed by atoms with van der Waals surface area (Å²) in [5, 5.41) is 38.3. The van der Waals surface area contributed by atoms with Crippen molar-refractivity contribution in [2.75, 3.05) is 0 Å². The van der Waals surface area contributed by atoms with Gasteiger partial charge in [-0.25, -0.2) is 25.1 Å². The first kappa shape index (κ1) is 27.9. The molecule has 0 aliphatic heterocycles. The minimum atomic E-state index is -5.68. The minimum absolute atomic E-state index is 0.997. The fourth-order valence-corrected chi connectivity index (χ4v) is 3.99. The van der Waals surface area contributed by atoms with Gasteiger partial charge in [-0.15, -0.1) is 26.3 Å². The van der Waals surface area contributed by atoms with Crippen molar-refractivity contribution in [3.05, 3.63) is 90.6 Å². The van der Waals surface area contributed by atoms with E-state index >= 15 is 0 Å². The van der Waals surface area contributed by atoms with Crippen LogP contribution in [0.1, 0.15) is 22.3 Å². The molecule has 0 N–H and O–H groups in total. The predicted molar refractivity (Wildman–Crippen MR) is 116 cm³/mol. The van der Waals surface area contributed by atoms with Crippen molar-refractivity contribution in [1.82, 2.24) is 0 Å². The van der Waals surface area contributed by atoms with E-state index < -0.39 is 91.6 Å². The Kier molecular flexibility index (Phi) is 6.70. The number of allylic oxidation sites excluding steroid dienone is 6. The molecule has 0 spiro atoms. The van der Waals surface area contributed by atoms with Crippen LogP contribution >= 0.6 is 0 Å². The van der Waals surface area contributed by atoms with E-state index in [0.717, 1.165) is 0 Å². The fourth-order valence-electron chi connectivity index (χ4n) is 3.99. The normalized spacial score (nSPS) is 15.9. The molecule has 190 valence electrons. The average Bonchev–Trinajstić information content (AvgIpc) is 3.39. The summed E-state index contributed by atoms with van der Waals surface area (Å²) in [6.45, 7) is 29.3. The number of hydrogen-bond acceptors (Lipinski definition) is 6. The molecular formula is C24F6N8O2. The van der Waals surface area contributed by atoms with Crippen LogP contribution in [0.25, 0.3) is 41.8 Å². The van der Waals surface area contributed by atoms with Crippen LogP contribution < -0.4 is 9.47 Å². The largest absolute Gasteiger partial charge is 0.573 e. The van der Waals surface area contributed by atoms with Crippen LogP contribution in [0.5, 0.6) is 11.5 Å². The number of benzene rings is 1. The van der Waals surface area contributed by atoms with Gasteiger partial charge in [-0.05, 0) is 5.57 Å². The summed E-state index contributed by atoms with van der Waals surface area (Å²) in [5.41, 5.74) is -13.4. The molecule has 0 saturated heterocycles. The summed E-state index contributed by atoms with van der Waals surface area (Å²) in [4.78, 5) is 11.4. The van der Waals surface area contributed by atoms with Crippen LogP contribution in [0.2, 0.25) is 0 Å². The van der Waals surface area contributed by atoms with Crippen LogP contribution in [0.4, 0.5) is 26.3 Å². The maximum absolute atomic E-state index is 13.7. The van der Waals surface area contributed by atoms with E-state index in [1.807, 2.05) is 0 Å². The number of ether oxygens (including phenoxy) is 2. The molecule has 0 bridgehead atoms. The van der Waals surface area contributed by atoms with Gasteiger partial charge in [0.1, 0.15) is 17.6 Å². The highest BCUT2D eigenvalue weighted by molar-refractivity contribution is 6.17. The zero-order valence-corrected chi connectivity index (χ0v) is 18.7. The van der Waals surface area contributed by atoms with Crippen LogP contribution in [-0.4, -0.2) is 12.7 Å². The maximum atomic E-state index is 13.7. The van der Waals surface area contributed by atoms with Gasteiger partial charge in [-0.2, -0.15) is 10.5 Å². The number of nitriles is 4. The summed E-state index contributed by atoms with van der Waals surface area (Å²) in [6, 6.07) is 5.26. The zero-order chi connectivity index (χ0) is 30.2. The van der Waals surface area contributed by atoms with E-state index in [0.29, 0.717) is 0 Å². The maximum Gasteiger partial charge on any atom is 0.573 e. The quantitative estimate of drug-likeness (QED) is 0.249. The highest BCUT2D eigenvalue weighted by atomic mass is 19.4. The Balaban J connectivity index is 2.94. The van der Waals surface area contributed by atoms with Crippen molar-refractivity contribution in [3.63, 3.8) is 0 Å². The van der Waals surface area contributed by atoms with Gasteiger partial charge in [-0.3, -0.25) is 4.85 Å². The smallest absolute Gasteiger partial charge is 0.406 e. The zero-order valence-electron chi connectivity index (χ0n) is 18.7. The standard InChI is InChI=1S/C24F6N8O2/c1-35-11(7-33)13-9(5-31)10(6-32)14-16(13)22(40-24(28,29)30)18-17(21(14)39-23(25,26)27)15(12(8-34)36-2)19(37-3)20(18)38-4/b13-11-,15-12-. The molecule has 0 atom stereocenters. The summed E-state index contributed by atoms with van der Waals surface area (Å²) in [7, 11) is 0. The Morgan fingerprint density at radius 1 is 0.600 bits per heavy atom. The number of halogens is 6. The van der Waals surface area contributed by atoms with E-state index in [-0.39, 0.29) is 0 Å². The van der Waals surface area contributed by atoms with Gasteiger partial charge in [0.25, 0.3) is 11.4 Å². The molecule has 0 fully saturated rings. The number of rotatable bonds is 2. The Hall–Kier alpha value is -6.72. The molecule has 0 radical (unpaired) electrons. The topological polar surface area (TPSA) is 131 Å². The molecule has 16 heteroatoms. The first-order valence-corrected chi connectivity index (χ1v) is 9.63. The van der Waals surface area contributed by atoms with E-state index in [2.05, 4.69) is 28.9 Å². The van der Waals surface area contributed by atoms with Crippen molar-refractivity contribution in [2.24, 2.45) is 0 Å². The second-order valence-corrected chi connectivity index (χ2v) is 7.04. The third-order valence-electron chi connectivity index (χ3n) is 5.15. The van der Waals surface area contributed by atoms with Gasteiger partial charge in [0.05, 0.1) is 55.6 Å². The van der Waals surface area contributed by atoms with Crippen LogP contribution in [-0.2, 0) is 0 Å². The second kappa shape index (κ2) is 9.63. The molecule has 2 aliphatic carbocycles. The summed E-state index contributed by atoms with van der Waals surface area (Å²) in [6.07, 6.45) is -11.4. The number of fused-ring (bicyclic) bond motifs is 2. The summed E-state index contributed by atoms with van der Waals surface area (Å²) < 4.78 is 90.4. The summed E-state index contributed by atoms with van der Waals surface area (Å²) >= 11 is 0. The third-order valence-corrected chi connectivity index (χ3v) is 5.15. The number of hydrogen-bond donors (Lipinski definition) is 0. The predicted octanol–water partition coefficient (Wildman–Crippen LogP) is 6.13. The lowest BCUT2D eigenvalue weighted by atomic mass is 9.91. The Labute approximate surface area is 218 Å². The van der Waals surface area contributed by atoms with E-state index in [1.54, 1.807) is 0 Å². The van der Waals surface area contributed by atoms with Gasteiger partial charge in [0.15, 0.2) is 5.70 Å². The van der Waals surface area contributed by atoms with Gasteiger partial charge in [0, 0.05) is 27.8 Å². The van der Waals surface area contributed by atoms with Crippen molar-refractivity contribution in [1.29, 1.82) is 21.0 Å². The highest BCUT2D eigenvalue weighted by Crippen LogP contribution is 2.61. The SMILES string of the molecule is [C-]#[N+]C1=C([N+]#[C-])c2c(OC(F)(F)F)c3c(c(OC(F)(F)F)c2/C1=C(\C#N)[N+]#[C-])C(C#N)=C(C#N)/C3=C(\C#N)[N+]#[C-]. The molecule has 40 heavy (non-hydrogen) atoms. The Morgan fingerprint density at radius 3 is 1.40 bits per heavy atom. The lowest BCUT2D eigenvalue weighted by molar-refractivity contribution is -0.277. The molecule has 3 rings (SSSR count). The van der Waals surface area contributed by atoms with Gasteiger partial charge < -0.3 is 9.47 Å². The second-order valence-electron chi connectivity index (χ2n) is 7.04. The van der Waals surface area contributed by atoms with Crippen molar-refractivity contribution < 1.29 is 35.8 Å². The van der Waals surface area contributed by atoms with Crippen molar-refractivity contribution in [2.45, 2.75) is 12.7 Å². The number of alkyl halides is 6. The summed E-state index contributed by atoms with van der Waals surface area (Å²) in [5.74, 6) is -3.14. The van der Waals surface area contributed by atoms with Gasteiger partial charge in [-0.1, -0.05) is 0 Å². The van der Waals surface area contributed by atoms with Crippen molar-refractivity contribution in [3.8, 4) is 35.8 Å². The average molecular weight is 546 g/mol. The Bertz CT molecular complexity index is 1730. The molecular weight excluding hydrogens is 546 g/mol. The fraction of sp³-hybridized carbons (Fsp3) is 0.0833. The van der Waals surface area contributed by atoms with E-state index in [4.69, 9.17) is 26.3 Å². The van der Waals surface area contributed by atoms with E-state index in [1.165, 1.54) is 24.3 Å². The van der Waals surface area contributed by atoms with Gasteiger partial charge >= 0.3 is 12.7 Å². The molecule has 0 amide bonds. The first-order valence-electron chi connectivity index (χ1n) is 9.63. The molecule has 0 heterocycles. The number of nitrogens with zero attached hydrogens (tertiary/aromatic N) is 8. The van der Waals surface area contributed by atoms with Crippen LogP contribution in [0.15, 0.2) is 22.7 Å². The third kappa shape index (κ3) is 4.14. The van der Waals surface area contributed by atoms with Crippen LogP contribution in [0.3, 0.4) is 0 Å². The molecule has 0 unspecified atom stereocenters. The van der Waals surface area contributed by atoms with Gasteiger partial charge in [0.2, 0.25) is 5.70 Å². The van der Waals surface area contributed by atoms with Crippen LogP contribution in [0, 0.1) is 71.6 Å². The lowest BCUT2D eigenvalue weighted by Gasteiger charge is -2.24. The molecule has 1 aromatic rings. The molecule has 0 saturated carbocycles. The molecule has 0 aromatic heterocycles. The molecule has 2 aliphatic rings. The lowest BCUT2D eigenvalue weighted by Crippen LogP contribution is -2.22.